The molecular weight excluding hydrogens is 150 g/mol. The lowest BCUT2D eigenvalue weighted by atomic mass is 10.2. The number of aromatic nitrogens is 2. The number of nitrogens with zero attached hydrogens (tertiary/aromatic N) is 2. The van der Waals surface area contributed by atoms with E-state index in [1.807, 2.05) is 6.20 Å². The van der Waals surface area contributed by atoms with Crippen LogP contribution in [-0.4, -0.2) is 22.6 Å². The zero-order chi connectivity index (χ0) is 8.81. The Kier molecular flexibility index (Phi) is 3.67. The van der Waals surface area contributed by atoms with E-state index in [0.717, 1.165) is 18.7 Å². The second-order valence-electron chi connectivity index (χ2n) is 2.86. The van der Waals surface area contributed by atoms with Gasteiger partial charge in [0.05, 0.1) is 5.69 Å². The molecule has 1 heterocycles. The Morgan fingerprint density at radius 2 is 2.33 bits per heavy atom. The normalized spacial score (nSPS) is 12.8. The van der Waals surface area contributed by atoms with Gasteiger partial charge < -0.3 is 5.32 Å². The third kappa shape index (κ3) is 2.96. The summed E-state index contributed by atoms with van der Waals surface area (Å²) in [6.07, 6.45) is 6.19. The number of likely N-dealkylation sites (N-methyl/N-ethyl adjacent to an activating group) is 1. The van der Waals surface area contributed by atoms with Gasteiger partial charge in [0.2, 0.25) is 0 Å². The van der Waals surface area contributed by atoms with Crippen LogP contribution in [-0.2, 0) is 6.42 Å². The molecule has 1 aromatic rings. The molecule has 0 unspecified atom stereocenters. The van der Waals surface area contributed by atoms with Crippen LogP contribution in [0.1, 0.15) is 19.5 Å². The molecule has 1 aromatic heterocycles. The van der Waals surface area contributed by atoms with Crippen molar-refractivity contribution in [2.45, 2.75) is 26.3 Å². The number of hydrogen-bond donors (Lipinski definition) is 1. The summed E-state index contributed by atoms with van der Waals surface area (Å²) < 4.78 is 0. The molecule has 0 aliphatic carbocycles. The molecule has 0 aromatic carbocycles. The third-order valence-corrected chi connectivity index (χ3v) is 1.68. The van der Waals surface area contributed by atoms with Crippen LogP contribution in [0.4, 0.5) is 0 Å². The second-order valence-corrected chi connectivity index (χ2v) is 2.86. The highest BCUT2D eigenvalue weighted by atomic mass is 14.9. The lowest BCUT2D eigenvalue weighted by Crippen LogP contribution is -2.27. The smallest absolute Gasteiger partial charge is 0.0602 e. The molecule has 0 spiro atoms. The van der Waals surface area contributed by atoms with Gasteiger partial charge in [0.1, 0.15) is 0 Å². The van der Waals surface area contributed by atoms with Crippen molar-refractivity contribution in [1.82, 2.24) is 15.3 Å². The maximum absolute atomic E-state index is 4.20. The van der Waals surface area contributed by atoms with Crippen LogP contribution in [0.25, 0.3) is 0 Å². The zero-order valence-corrected chi connectivity index (χ0v) is 7.62. The molecule has 1 atom stereocenters. The van der Waals surface area contributed by atoms with Crippen LogP contribution in [0.2, 0.25) is 0 Å². The average Bonchev–Trinajstić information content (AvgIpc) is 2.06. The van der Waals surface area contributed by atoms with Gasteiger partial charge in [-0.2, -0.15) is 0 Å². The summed E-state index contributed by atoms with van der Waals surface area (Å²) in [5.41, 5.74) is 1.05. The van der Waals surface area contributed by atoms with Crippen molar-refractivity contribution in [1.29, 1.82) is 0 Å². The lowest BCUT2D eigenvalue weighted by molar-refractivity contribution is 0.558. The first-order chi connectivity index (χ1) is 5.83. The molecule has 0 radical (unpaired) electrons. The maximum atomic E-state index is 4.20. The van der Waals surface area contributed by atoms with Crippen molar-refractivity contribution in [3.05, 3.63) is 24.3 Å². The number of nitrogens with one attached hydrogen (secondary N) is 1. The van der Waals surface area contributed by atoms with E-state index in [4.69, 9.17) is 0 Å². The Morgan fingerprint density at radius 1 is 1.50 bits per heavy atom. The number of hydrogen-bond acceptors (Lipinski definition) is 3. The van der Waals surface area contributed by atoms with Crippen molar-refractivity contribution in [2.75, 3.05) is 6.54 Å². The van der Waals surface area contributed by atoms with Crippen molar-refractivity contribution >= 4 is 0 Å². The highest BCUT2D eigenvalue weighted by Gasteiger charge is 2.01. The van der Waals surface area contributed by atoms with Gasteiger partial charge in [-0.05, 0) is 13.5 Å². The fourth-order valence-electron chi connectivity index (χ4n) is 1.17. The zero-order valence-electron chi connectivity index (χ0n) is 7.62. The van der Waals surface area contributed by atoms with Crippen LogP contribution in [0.5, 0.6) is 0 Å². The fourth-order valence-corrected chi connectivity index (χ4v) is 1.17. The standard InChI is InChI=1S/C9H15N3/c1-3-11-8(2)6-9-7-10-4-5-12-9/h4-5,7-8,11H,3,6H2,1-2H3/t8-/m0/s1. The van der Waals surface area contributed by atoms with Gasteiger partial charge in [-0.1, -0.05) is 6.92 Å². The van der Waals surface area contributed by atoms with E-state index in [0.29, 0.717) is 6.04 Å². The molecule has 1 N–H and O–H groups in total. The summed E-state index contributed by atoms with van der Waals surface area (Å²) in [5, 5.41) is 3.33. The first kappa shape index (κ1) is 9.13. The molecule has 0 fully saturated rings. The van der Waals surface area contributed by atoms with Crippen molar-refractivity contribution in [2.24, 2.45) is 0 Å². The number of rotatable bonds is 4. The highest BCUT2D eigenvalue weighted by molar-refractivity contribution is 4.96. The molecule has 0 saturated carbocycles. The highest BCUT2D eigenvalue weighted by Crippen LogP contribution is 1.95. The lowest BCUT2D eigenvalue weighted by Gasteiger charge is -2.10. The quantitative estimate of drug-likeness (QED) is 0.723. The van der Waals surface area contributed by atoms with Gasteiger partial charge in [-0.15, -0.1) is 0 Å². The molecule has 1 rings (SSSR count). The van der Waals surface area contributed by atoms with Gasteiger partial charge in [-0.3, -0.25) is 9.97 Å². The molecule has 3 nitrogen and oxygen atoms in total. The molecule has 0 amide bonds. The molecule has 12 heavy (non-hydrogen) atoms. The van der Waals surface area contributed by atoms with E-state index in [2.05, 4.69) is 29.1 Å². The van der Waals surface area contributed by atoms with E-state index in [9.17, 15) is 0 Å². The minimum Gasteiger partial charge on any atom is -0.314 e. The topological polar surface area (TPSA) is 37.8 Å². The van der Waals surface area contributed by atoms with Gasteiger partial charge >= 0.3 is 0 Å². The van der Waals surface area contributed by atoms with E-state index in [1.54, 1.807) is 12.4 Å². The SMILES string of the molecule is CCN[C@@H](C)Cc1cnccn1. The Balaban J connectivity index is 2.41. The Morgan fingerprint density at radius 3 is 2.92 bits per heavy atom. The molecule has 0 bridgehead atoms. The first-order valence-electron chi connectivity index (χ1n) is 4.31. The van der Waals surface area contributed by atoms with Crippen LogP contribution in [0, 0.1) is 0 Å². The van der Waals surface area contributed by atoms with Crippen molar-refractivity contribution < 1.29 is 0 Å². The van der Waals surface area contributed by atoms with Gasteiger partial charge in [0.25, 0.3) is 0 Å². The summed E-state index contributed by atoms with van der Waals surface area (Å²) in [6, 6.07) is 0.478. The van der Waals surface area contributed by atoms with Crippen LogP contribution in [0.15, 0.2) is 18.6 Å². The monoisotopic (exact) mass is 165 g/mol. The van der Waals surface area contributed by atoms with Crippen molar-refractivity contribution in [3.63, 3.8) is 0 Å². The minimum absolute atomic E-state index is 0.478. The Bertz CT molecular complexity index is 210. The minimum atomic E-state index is 0.478. The molecular formula is C9H15N3. The van der Waals surface area contributed by atoms with E-state index >= 15 is 0 Å². The maximum Gasteiger partial charge on any atom is 0.0602 e. The predicted molar refractivity (Wildman–Crippen MR) is 48.9 cm³/mol. The van der Waals surface area contributed by atoms with E-state index in [-0.39, 0.29) is 0 Å². The molecule has 66 valence electrons. The summed E-state index contributed by atoms with van der Waals surface area (Å²) >= 11 is 0. The van der Waals surface area contributed by atoms with Gasteiger partial charge in [0, 0.05) is 31.1 Å². The largest absolute Gasteiger partial charge is 0.314 e. The van der Waals surface area contributed by atoms with Crippen LogP contribution in [0.3, 0.4) is 0 Å². The van der Waals surface area contributed by atoms with E-state index < -0.39 is 0 Å². The van der Waals surface area contributed by atoms with Gasteiger partial charge in [0.15, 0.2) is 0 Å². The summed E-state index contributed by atoms with van der Waals surface area (Å²) in [4.78, 5) is 8.21. The Labute approximate surface area is 73.2 Å². The third-order valence-electron chi connectivity index (χ3n) is 1.68. The molecule has 0 aliphatic heterocycles. The van der Waals surface area contributed by atoms with Crippen LogP contribution < -0.4 is 5.32 Å². The van der Waals surface area contributed by atoms with Crippen LogP contribution >= 0.6 is 0 Å². The summed E-state index contributed by atoms with van der Waals surface area (Å²) in [7, 11) is 0. The predicted octanol–water partition coefficient (Wildman–Crippen LogP) is 1.02. The average molecular weight is 165 g/mol. The van der Waals surface area contributed by atoms with Gasteiger partial charge in [-0.25, -0.2) is 0 Å². The molecule has 3 heteroatoms. The van der Waals surface area contributed by atoms with Crippen molar-refractivity contribution in [3.8, 4) is 0 Å². The Hall–Kier alpha value is -0.960. The fraction of sp³-hybridized carbons (Fsp3) is 0.556. The summed E-state index contributed by atoms with van der Waals surface area (Å²) in [6.45, 7) is 5.26. The van der Waals surface area contributed by atoms with E-state index in [1.165, 1.54) is 0 Å². The second kappa shape index (κ2) is 4.83. The molecule has 0 aliphatic rings. The summed E-state index contributed by atoms with van der Waals surface area (Å²) in [5.74, 6) is 0. The molecule has 0 saturated heterocycles. The first-order valence-corrected chi connectivity index (χ1v) is 4.31.